The minimum atomic E-state index is -0.0766. The van der Waals surface area contributed by atoms with Crippen LogP contribution in [0.1, 0.15) is 28.3 Å². The van der Waals surface area contributed by atoms with E-state index in [0.29, 0.717) is 0 Å². The van der Waals surface area contributed by atoms with Crippen LogP contribution in [-0.2, 0) is 6.42 Å². The monoisotopic (exact) mass is 253 g/mol. The van der Waals surface area contributed by atoms with Crippen molar-refractivity contribution in [2.24, 2.45) is 5.73 Å². The quantitative estimate of drug-likeness (QED) is 0.891. The number of para-hydroxylation sites is 1. The maximum Gasteiger partial charge on any atom is 0.123 e. The predicted octanol–water partition coefficient (Wildman–Crippen LogP) is 3.31. The average molecular weight is 253 g/mol. The second-order valence-electron chi connectivity index (χ2n) is 5.28. The molecule has 2 atom stereocenters. The molecule has 0 saturated heterocycles. The molecule has 2 unspecified atom stereocenters. The molecule has 0 saturated carbocycles. The molecule has 2 aromatic carbocycles. The molecule has 0 aliphatic carbocycles. The maximum absolute atomic E-state index is 6.42. The maximum atomic E-state index is 6.42. The number of fused-ring (bicyclic) bond motifs is 1. The van der Waals surface area contributed by atoms with Gasteiger partial charge in [-0.2, -0.15) is 0 Å². The van der Waals surface area contributed by atoms with Crippen molar-refractivity contribution in [1.82, 2.24) is 0 Å². The zero-order valence-corrected chi connectivity index (χ0v) is 11.4. The van der Waals surface area contributed by atoms with E-state index >= 15 is 0 Å². The second-order valence-corrected chi connectivity index (χ2v) is 5.28. The number of hydrogen-bond acceptors (Lipinski definition) is 2. The highest BCUT2D eigenvalue weighted by Gasteiger charge is 2.29. The summed E-state index contributed by atoms with van der Waals surface area (Å²) in [6.45, 7) is 4.25. The van der Waals surface area contributed by atoms with Gasteiger partial charge >= 0.3 is 0 Å². The third-order valence-corrected chi connectivity index (χ3v) is 4.08. The first kappa shape index (κ1) is 12.2. The first-order valence-electron chi connectivity index (χ1n) is 6.73. The van der Waals surface area contributed by atoms with Gasteiger partial charge in [-0.05, 0) is 42.2 Å². The SMILES string of the molecule is Cc1cccc(C(N)C2Cc3ccccc3O2)c1C. The van der Waals surface area contributed by atoms with E-state index in [1.165, 1.54) is 22.3 Å². The Hall–Kier alpha value is -1.80. The van der Waals surface area contributed by atoms with Gasteiger partial charge in [-0.15, -0.1) is 0 Å². The molecular formula is C17H19NO. The lowest BCUT2D eigenvalue weighted by Crippen LogP contribution is -2.30. The summed E-state index contributed by atoms with van der Waals surface area (Å²) in [6, 6.07) is 14.4. The Labute approximate surface area is 114 Å². The van der Waals surface area contributed by atoms with Crippen molar-refractivity contribution in [1.29, 1.82) is 0 Å². The average Bonchev–Trinajstić information content (AvgIpc) is 2.85. The molecule has 0 aromatic heterocycles. The van der Waals surface area contributed by atoms with Gasteiger partial charge in [0.2, 0.25) is 0 Å². The lowest BCUT2D eigenvalue weighted by Gasteiger charge is -2.22. The zero-order chi connectivity index (χ0) is 13.4. The molecule has 2 nitrogen and oxygen atoms in total. The van der Waals surface area contributed by atoms with E-state index in [0.717, 1.165) is 12.2 Å². The Kier molecular flexibility index (Phi) is 3.03. The zero-order valence-electron chi connectivity index (χ0n) is 11.4. The normalized spacial score (nSPS) is 18.8. The first-order valence-corrected chi connectivity index (χ1v) is 6.73. The van der Waals surface area contributed by atoms with Gasteiger partial charge in [-0.25, -0.2) is 0 Å². The van der Waals surface area contributed by atoms with Crippen LogP contribution >= 0.6 is 0 Å². The van der Waals surface area contributed by atoms with Crippen LogP contribution in [0.5, 0.6) is 5.75 Å². The number of aryl methyl sites for hydroxylation is 1. The first-order chi connectivity index (χ1) is 9.16. The summed E-state index contributed by atoms with van der Waals surface area (Å²) in [4.78, 5) is 0. The van der Waals surface area contributed by atoms with E-state index in [2.05, 4.69) is 38.1 Å². The van der Waals surface area contributed by atoms with Gasteiger partial charge in [-0.3, -0.25) is 0 Å². The molecule has 2 heteroatoms. The Balaban J connectivity index is 1.87. The van der Waals surface area contributed by atoms with Crippen LogP contribution < -0.4 is 10.5 Å². The minimum absolute atomic E-state index is 0.0397. The van der Waals surface area contributed by atoms with E-state index in [4.69, 9.17) is 10.5 Å². The highest BCUT2D eigenvalue weighted by molar-refractivity contribution is 5.40. The van der Waals surface area contributed by atoms with Crippen molar-refractivity contribution in [2.45, 2.75) is 32.4 Å². The van der Waals surface area contributed by atoms with Crippen LogP contribution in [-0.4, -0.2) is 6.10 Å². The summed E-state index contributed by atoms with van der Waals surface area (Å²) in [6.07, 6.45) is 0.933. The molecule has 2 aromatic rings. The second kappa shape index (κ2) is 4.71. The Bertz CT molecular complexity index is 581. The lowest BCUT2D eigenvalue weighted by atomic mass is 9.93. The molecule has 1 heterocycles. The summed E-state index contributed by atoms with van der Waals surface area (Å²) in [5.41, 5.74) is 11.4. The van der Waals surface area contributed by atoms with Crippen molar-refractivity contribution in [3.8, 4) is 5.75 Å². The van der Waals surface area contributed by atoms with E-state index in [1.54, 1.807) is 0 Å². The highest BCUT2D eigenvalue weighted by atomic mass is 16.5. The van der Waals surface area contributed by atoms with Gasteiger partial charge in [0.05, 0.1) is 6.04 Å². The lowest BCUT2D eigenvalue weighted by molar-refractivity contribution is 0.199. The summed E-state index contributed by atoms with van der Waals surface area (Å²) < 4.78 is 5.99. The van der Waals surface area contributed by atoms with Crippen LogP contribution in [0.2, 0.25) is 0 Å². The summed E-state index contributed by atoms with van der Waals surface area (Å²) in [7, 11) is 0. The molecule has 3 rings (SSSR count). The van der Waals surface area contributed by atoms with E-state index in [9.17, 15) is 0 Å². The molecule has 1 aliphatic rings. The smallest absolute Gasteiger partial charge is 0.123 e. The van der Waals surface area contributed by atoms with Gasteiger partial charge in [0.15, 0.2) is 0 Å². The molecule has 0 bridgehead atoms. The number of benzene rings is 2. The van der Waals surface area contributed by atoms with Gasteiger partial charge in [0.1, 0.15) is 11.9 Å². The third-order valence-electron chi connectivity index (χ3n) is 4.08. The van der Waals surface area contributed by atoms with E-state index < -0.39 is 0 Å². The molecular weight excluding hydrogens is 234 g/mol. The predicted molar refractivity (Wildman–Crippen MR) is 77.4 cm³/mol. The number of hydrogen-bond donors (Lipinski definition) is 1. The molecule has 0 radical (unpaired) electrons. The molecule has 0 fully saturated rings. The Morgan fingerprint density at radius 2 is 1.89 bits per heavy atom. The van der Waals surface area contributed by atoms with Crippen molar-refractivity contribution in [2.75, 3.05) is 0 Å². The number of ether oxygens (including phenoxy) is 1. The minimum Gasteiger partial charge on any atom is -0.488 e. The number of nitrogens with two attached hydrogens (primary N) is 1. The highest BCUT2D eigenvalue weighted by Crippen LogP contribution is 2.34. The molecule has 2 N–H and O–H groups in total. The summed E-state index contributed by atoms with van der Waals surface area (Å²) in [5, 5.41) is 0. The fourth-order valence-corrected chi connectivity index (χ4v) is 2.74. The fraction of sp³-hybridized carbons (Fsp3) is 0.294. The third kappa shape index (κ3) is 2.13. The van der Waals surface area contributed by atoms with Gasteiger partial charge in [0.25, 0.3) is 0 Å². The van der Waals surface area contributed by atoms with Gasteiger partial charge in [-0.1, -0.05) is 36.4 Å². The van der Waals surface area contributed by atoms with E-state index in [-0.39, 0.29) is 12.1 Å². The van der Waals surface area contributed by atoms with Crippen LogP contribution in [0, 0.1) is 13.8 Å². The van der Waals surface area contributed by atoms with Crippen LogP contribution in [0.25, 0.3) is 0 Å². The Morgan fingerprint density at radius 1 is 1.11 bits per heavy atom. The van der Waals surface area contributed by atoms with E-state index in [1.807, 2.05) is 18.2 Å². The molecule has 0 spiro atoms. The molecule has 19 heavy (non-hydrogen) atoms. The van der Waals surface area contributed by atoms with Crippen LogP contribution in [0.4, 0.5) is 0 Å². The van der Waals surface area contributed by atoms with Crippen molar-refractivity contribution < 1.29 is 4.74 Å². The molecule has 98 valence electrons. The summed E-state index contributed by atoms with van der Waals surface area (Å²) in [5.74, 6) is 0.980. The van der Waals surface area contributed by atoms with Crippen LogP contribution in [0.3, 0.4) is 0 Å². The number of rotatable bonds is 2. The van der Waals surface area contributed by atoms with Crippen LogP contribution in [0.15, 0.2) is 42.5 Å². The van der Waals surface area contributed by atoms with Gasteiger partial charge < -0.3 is 10.5 Å². The summed E-state index contributed by atoms with van der Waals surface area (Å²) >= 11 is 0. The molecule has 1 aliphatic heterocycles. The Morgan fingerprint density at radius 3 is 2.68 bits per heavy atom. The molecule has 0 amide bonds. The largest absolute Gasteiger partial charge is 0.488 e. The van der Waals surface area contributed by atoms with Crippen molar-refractivity contribution in [3.05, 3.63) is 64.7 Å². The fourth-order valence-electron chi connectivity index (χ4n) is 2.74. The standard InChI is InChI=1S/C17H19NO/c1-11-6-5-8-14(12(11)2)17(18)16-10-13-7-3-4-9-15(13)19-16/h3-9,16-17H,10,18H2,1-2H3. The van der Waals surface area contributed by atoms with Crippen molar-refractivity contribution in [3.63, 3.8) is 0 Å². The van der Waals surface area contributed by atoms with Crippen molar-refractivity contribution >= 4 is 0 Å². The van der Waals surface area contributed by atoms with Gasteiger partial charge in [0, 0.05) is 6.42 Å². The topological polar surface area (TPSA) is 35.2 Å².